The number of aromatic nitrogens is 1. The van der Waals surface area contributed by atoms with Crippen LogP contribution in [0.5, 0.6) is 5.75 Å². The largest absolute Gasteiger partial charge is 0.493 e. The van der Waals surface area contributed by atoms with Crippen LogP contribution >= 0.6 is 0 Å². The quantitative estimate of drug-likeness (QED) is 0.408. The van der Waals surface area contributed by atoms with E-state index < -0.39 is 5.60 Å². The van der Waals surface area contributed by atoms with Gasteiger partial charge < -0.3 is 19.5 Å². The average Bonchev–Trinajstić information content (AvgIpc) is 3.36. The molecular formula is C28H46N4O3. The second-order valence-electron chi connectivity index (χ2n) is 11.7. The van der Waals surface area contributed by atoms with Crippen LogP contribution < -0.4 is 15.0 Å². The van der Waals surface area contributed by atoms with Gasteiger partial charge in [0.05, 0.1) is 25.5 Å². The van der Waals surface area contributed by atoms with E-state index in [1.54, 1.807) is 0 Å². The summed E-state index contributed by atoms with van der Waals surface area (Å²) < 4.78 is 11.7. The summed E-state index contributed by atoms with van der Waals surface area (Å²) in [7, 11) is 0. The van der Waals surface area contributed by atoms with E-state index in [1.807, 2.05) is 19.2 Å². The highest BCUT2D eigenvalue weighted by atomic mass is 16.5. The van der Waals surface area contributed by atoms with Gasteiger partial charge in [-0.15, -0.1) is 0 Å². The highest BCUT2D eigenvalue weighted by Gasteiger charge is 2.29. The number of nitrogens with zero attached hydrogens (tertiary/aromatic N) is 3. The first-order valence-corrected chi connectivity index (χ1v) is 14.2. The number of hydrogen-bond acceptors (Lipinski definition) is 7. The molecule has 7 heteroatoms. The van der Waals surface area contributed by atoms with Crippen molar-refractivity contribution in [3.05, 3.63) is 17.8 Å². The maximum atomic E-state index is 10.1. The van der Waals surface area contributed by atoms with Crippen LogP contribution in [0.25, 0.3) is 0 Å². The fourth-order valence-electron chi connectivity index (χ4n) is 6.44. The Labute approximate surface area is 211 Å². The Hall–Kier alpha value is -1.41. The van der Waals surface area contributed by atoms with E-state index in [1.165, 1.54) is 44.2 Å². The summed E-state index contributed by atoms with van der Waals surface area (Å²) in [5.74, 6) is 3.68. The standard InChI is InChI=1S/C28H46N4O3/c1-28(33)11-6-23(7-12-28)20-34-21-30-24-4-2-22(3-5-24)9-14-31-15-17-32(18-16-31)27-25-10-19-35-26(25)8-13-29-27/h8,13,22-24,30,33H,2-7,9-12,14-21H2,1H3. The van der Waals surface area contributed by atoms with Gasteiger partial charge in [0.25, 0.3) is 0 Å². The van der Waals surface area contributed by atoms with E-state index >= 15 is 0 Å². The molecule has 0 radical (unpaired) electrons. The summed E-state index contributed by atoms with van der Waals surface area (Å²) in [5.41, 5.74) is 0.858. The molecule has 0 amide bonds. The number of nitrogens with one attached hydrogen (secondary N) is 1. The van der Waals surface area contributed by atoms with Crippen LogP contribution in [0.2, 0.25) is 0 Å². The molecule has 5 rings (SSSR count). The number of hydrogen-bond donors (Lipinski definition) is 2. The summed E-state index contributed by atoms with van der Waals surface area (Å²) >= 11 is 0. The van der Waals surface area contributed by atoms with Crippen molar-refractivity contribution in [2.24, 2.45) is 11.8 Å². The molecule has 2 N–H and O–H groups in total. The predicted molar refractivity (Wildman–Crippen MR) is 139 cm³/mol. The smallest absolute Gasteiger partial charge is 0.135 e. The predicted octanol–water partition coefficient (Wildman–Crippen LogP) is 3.59. The van der Waals surface area contributed by atoms with Crippen molar-refractivity contribution in [2.45, 2.75) is 82.8 Å². The van der Waals surface area contributed by atoms with Crippen LogP contribution in [0.3, 0.4) is 0 Å². The maximum Gasteiger partial charge on any atom is 0.135 e. The monoisotopic (exact) mass is 486 g/mol. The van der Waals surface area contributed by atoms with Crippen LogP contribution in [-0.4, -0.2) is 79.3 Å². The van der Waals surface area contributed by atoms with E-state index in [4.69, 9.17) is 9.47 Å². The lowest BCUT2D eigenvalue weighted by Gasteiger charge is -2.37. The second-order valence-corrected chi connectivity index (χ2v) is 11.7. The third-order valence-electron chi connectivity index (χ3n) is 8.98. The molecular weight excluding hydrogens is 440 g/mol. The topological polar surface area (TPSA) is 70.1 Å². The Bertz CT molecular complexity index is 793. The Kier molecular flexibility index (Phi) is 8.48. The Morgan fingerprint density at radius 2 is 1.86 bits per heavy atom. The number of aliphatic hydroxyl groups is 1. The molecule has 2 aliphatic carbocycles. The third-order valence-corrected chi connectivity index (χ3v) is 8.98. The molecule has 0 spiro atoms. The average molecular weight is 487 g/mol. The summed E-state index contributed by atoms with van der Waals surface area (Å²) in [6.07, 6.45) is 13.5. The SMILES string of the molecule is CC1(O)CCC(COCNC2CCC(CCN3CCN(c4nccc5c4CCO5)CC3)CC2)CC1. The molecule has 1 aromatic rings. The molecule has 3 fully saturated rings. The molecule has 3 heterocycles. The molecule has 1 saturated heterocycles. The minimum absolute atomic E-state index is 0.447. The molecule has 0 unspecified atom stereocenters. The van der Waals surface area contributed by atoms with Gasteiger partial charge >= 0.3 is 0 Å². The first kappa shape index (κ1) is 25.2. The molecule has 1 aromatic heterocycles. The van der Waals surface area contributed by atoms with Gasteiger partial charge in [0.15, 0.2) is 0 Å². The molecule has 2 aliphatic heterocycles. The van der Waals surface area contributed by atoms with Crippen molar-refractivity contribution < 1.29 is 14.6 Å². The van der Waals surface area contributed by atoms with Gasteiger partial charge in [-0.25, -0.2) is 4.98 Å². The fraction of sp³-hybridized carbons (Fsp3) is 0.821. The van der Waals surface area contributed by atoms with Gasteiger partial charge in [0, 0.05) is 50.4 Å². The van der Waals surface area contributed by atoms with Gasteiger partial charge in [0.2, 0.25) is 0 Å². The maximum absolute atomic E-state index is 10.1. The van der Waals surface area contributed by atoms with Crippen molar-refractivity contribution in [3.8, 4) is 5.75 Å². The second kappa shape index (κ2) is 11.8. The van der Waals surface area contributed by atoms with Crippen molar-refractivity contribution in [1.29, 1.82) is 0 Å². The molecule has 7 nitrogen and oxygen atoms in total. The van der Waals surface area contributed by atoms with Crippen molar-refractivity contribution in [3.63, 3.8) is 0 Å². The van der Waals surface area contributed by atoms with E-state index in [2.05, 4.69) is 20.1 Å². The molecule has 2 saturated carbocycles. The zero-order valence-electron chi connectivity index (χ0n) is 21.7. The first-order chi connectivity index (χ1) is 17.1. The van der Waals surface area contributed by atoms with E-state index in [-0.39, 0.29) is 0 Å². The summed E-state index contributed by atoms with van der Waals surface area (Å²) in [5, 5.41) is 13.7. The van der Waals surface area contributed by atoms with Gasteiger partial charge in [-0.1, -0.05) is 0 Å². The van der Waals surface area contributed by atoms with Gasteiger partial charge in [-0.05, 0) is 89.2 Å². The zero-order chi connectivity index (χ0) is 24.1. The lowest BCUT2D eigenvalue weighted by atomic mass is 9.80. The van der Waals surface area contributed by atoms with Gasteiger partial charge in [0.1, 0.15) is 11.6 Å². The molecule has 0 bridgehead atoms. The number of ether oxygens (including phenoxy) is 2. The molecule has 0 atom stereocenters. The third kappa shape index (κ3) is 6.88. The Balaban J connectivity index is 0.924. The van der Waals surface area contributed by atoms with E-state index in [0.29, 0.717) is 18.7 Å². The molecule has 35 heavy (non-hydrogen) atoms. The van der Waals surface area contributed by atoms with Crippen molar-refractivity contribution >= 4 is 5.82 Å². The number of rotatable bonds is 9. The summed E-state index contributed by atoms with van der Waals surface area (Å²) in [6.45, 7) is 9.92. The summed E-state index contributed by atoms with van der Waals surface area (Å²) in [4.78, 5) is 9.80. The van der Waals surface area contributed by atoms with Crippen molar-refractivity contribution in [1.82, 2.24) is 15.2 Å². The molecule has 196 valence electrons. The lowest BCUT2D eigenvalue weighted by molar-refractivity contribution is -0.0133. The normalized spacial score (nSPS) is 31.8. The number of pyridine rings is 1. The first-order valence-electron chi connectivity index (χ1n) is 14.2. The Morgan fingerprint density at radius 1 is 1.09 bits per heavy atom. The molecule has 4 aliphatic rings. The minimum atomic E-state index is -0.447. The van der Waals surface area contributed by atoms with Crippen LogP contribution in [0, 0.1) is 11.8 Å². The highest BCUT2D eigenvalue weighted by molar-refractivity contribution is 5.55. The van der Waals surface area contributed by atoms with Gasteiger partial charge in [-0.3, -0.25) is 10.2 Å². The molecule has 0 aromatic carbocycles. The fourth-order valence-corrected chi connectivity index (χ4v) is 6.44. The zero-order valence-corrected chi connectivity index (χ0v) is 21.7. The highest BCUT2D eigenvalue weighted by Crippen LogP contribution is 2.33. The minimum Gasteiger partial charge on any atom is -0.493 e. The lowest BCUT2D eigenvalue weighted by Crippen LogP contribution is -2.47. The number of fused-ring (bicyclic) bond motifs is 1. The van der Waals surface area contributed by atoms with Crippen LogP contribution in [-0.2, 0) is 11.2 Å². The number of anilines is 1. The van der Waals surface area contributed by atoms with Crippen molar-refractivity contribution in [2.75, 3.05) is 57.6 Å². The van der Waals surface area contributed by atoms with Crippen LogP contribution in [0.15, 0.2) is 12.3 Å². The van der Waals surface area contributed by atoms with E-state index in [9.17, 15) is 5.11 Å². The summed E-state index contributed by atoms with van der Waals surface area (Å²) in [6, 6.07) is 2.62. The van der Waals surface area contributed by atoms with E-state index in [0.717, 1.165) is 89.0 Å². The number of piperazine rings is 1. The Morgan fingerprint density at radius 3 is 2.63 bits per heavy atom. The van der Waals surface area contributed by atoms with Gasteiger partial charge in [-0.2, -0.15) is 0 Å². The van der Waals surface area contributed by atoms with Crippen LogP contribution in [0.1, 0.15) is 70.3 Å². The van der Waals surface area contributed by atoms with Crippen LogP contribution in [0.4, 0.5) is 5.82 Å².